The van der Waals surface area contributed by atoms with Crippen LogP contribution < -0.4 is 10.2 Å². The Labute approximate surface area is 168 Å². The van der Waals surface area contributed by atoms with Gasteiger partial charge in [0.1, 0.15) is 5.82 Å². The molecule has 3 heterocycles. The van der Waals surface area contributed by atoms with E-state index in [1.165, 1.54) is 70.9 Å². The van der Waals surface area contributed by atoms with Gasteiger partial charge in [-0.3, -0.25) is 4.79 Å². The number of piperidine rings is 2. The van der Waals surface area contributed by atoms with E-state index in [1.807, 2.05) is 12.1 Å². The molecule has 5 nitrogen and oxygen atoms in total. The molecule has 2 saturated heterocycles. The molecule has 5 heteroatoms. The Kier molecular flexibility index (Phi) is 5.04. The summed E-state index contributed by atoms with van der Waals surface area (Å²) >= 11 is 0. The molecule has 0 aromatic carbocycles. The first-order valence-corrected chi connectivity index (χ1v) is 11.4. The Morgan fingerprint density at radius 3 is 2.32 bits per heavy atom. The second kappa shape index (κ2) is 7.66. The highest BCUT2D eigenvalue weighted by Gasteiger charge is 2.39. The fraction of sp³-hybridized carbons (Fsp3) is 0.739. The van der Waals surface area contributed by atoms with Gasteiger partial charge in [-0.25, -0.2) is 4.98 Å². The van der Waals surface area contributed by atoms with E-state index in [2.05, 4.69) is 20.1 Å². The molecule has 0 atom stereocenters. The van der Waals surface area contributed by atoms with Crippen LogP contribution in [0.1, 0.15) is 68.1 Å². The summed E-state index contributed by atoms with van der Waals surface area (Å²) in [7, 11) is 0. The van der Waals surface area contributed by atoms with Gasteiger partial charge in [-0.15, -0.1) is 0 Å². The molecular formula is C23H34N4O. The minimum absolute atomic E-state index is 0.0155. The lowest BCUT2D eigenvalue weighted by Gasteiger charge is -2.50. The number of pyridine rings is 1. The van der Waals surface area contributed by atoms with Gasteiger partial charge in [0.05, 0.1) is 5.56 Å². The summed E-state index contributed by atoms with van der Waals surface area (Å²) < 4.78 is 0. The molecular weight excluding hydrogens is 348 g/mol. The average Bonchev–Trinajstić information content (AvgIpc) is 3.52. The van der Waals surface area contributed by atoms with Crippen molar-refractivity contribution in [1.82, 2.24) is 15.2 Å². The lowest BCUT2D eigenvalue weighted by Crippen LogP contribution is -2.51. The van der Waals surface area contributed by atoms with Crippen molar-refractivity contribution in [2.75, 3.05) is 37.6 Å². The maximum atomic E-state index is 12.2. The lowest BCUT2D eigenvalue weighted by atomic mass is 9.70. The van der Waals surface area contributed by atoms with E-state index in [0.717, 1.165) is 31.5 Å². The molecule has 1 aromatic heterocycles. The van der Waals surface area contributed by atoms with Crippen molar-refractivity contribution in [1.29, 1.82) is 0 Å². The van der Waals surface area contributed by atoms with E-state index in [4.69, 9.17) is 0 Å². The summed E-state index contributed by atoms with van der Waals surface area (Å²) in [5.74, 6) is 1.75. The number of likely N-dealkylation sites (tertiary alicyclic amines) is 1. The monoisotopic (exact) mass is 382 g/mol. The third kappa shape index (κ3) is 3.91. The van der Waals surface area contributed by atoms with Crippen molar-refractivity contribution in [3.05, 3.63) is 23.9 Å². The molecule has 0 bridgehead atoms. The Morgan fingerprint density at radius 1 is 1.04 bits per heavy atom. The van der Waals surface area contributed by atoms with E-state index in [1.54, 1.807) is 6.20 Å². The van der Waals surface area contributed by atoms with Crippen LogP contribution in [-0.2, 0) is 0 Å². The molecule has 28 heavy (non-hydrogen) atoms. The predicted molar refractivity (Wildman–Crippen MR) is 112 cm³/mol. The number of anilines is 1. The second-order valence-electron chi connectivity index (χ2n) is 9.67. The molecule has 152 valence electrons. The van der Waals surface area contributed by atoms with Gasteiger partial charge in [-0.1, -0.05) is 6.42 Å². The number of nitrogens with one attached hydrogen (secondary N) is 1. The topological polar surface area (TPSA) is 48.5 Å². The summed E-state index contributed by atoms with van der Waals surface area (Å²) in [4.78, 5) is 22.0. The van der Waals surface area contributed by atoms with Crippen LogP contribution in [0.15, 0.2) is 18.3 Å². The fourth-order valence-electron chi connectivity index (χ4n) is 5.19. The average molecular weight is 383 g/mol. The molecule has 2 aliphatic heterocycles. The quantitative estimate of drug-likeness (QED) is 0.847. The Bertz CT molecular complexity index is 677. The highest BCUT2D eigenvalue weighted by molar-refractivity contribution is 5.94. The molecule has 2 saturated carbocycles. The van der Waals surface area contributed by atoms with E-state index in [0.29, 0.717) is 16.9 Å². The van der Waals surface area contributed by atoms with Crippen LogP contribution in [0.3, 0.4) is 0 Å². The molecule has 1 spiro atoms. The number of aromatic nitrogens is 1. The number of rotatable bonds is 5. The van der Waals surface area contributed by atoms with E-state index in [9.17, 15) is 4.79 Å². The fourth-order valence-corrected chi connectivity index (χ4v) is 5.19. The van der Waals surface area contributed by atoms with Crippen LogP contribution >= 0.6 is 0 Å². The van der Waals surface area contributed by atoms with Gasteiger partial charge in [0.15, 0.2) is 0 Å². The van der Waals surface area contributed by atoms with Gasteiger partial charge in [-0.05, 0) is 87.9 Å². The molecule has 2 aliphatic carbocycles. The standard InChI is InChI=1S/C23H34N4O/c28-22(25-16-18-4-5-18)19-6-7-21(24-17-19)27-14-10-23(11-15-27)8-12-26(13-9-23)20-2-1-3-20/h6-7,17-18,20H,1-5,8-16H2,(H,25,28). The van der Waals surface area contributed by atoms with Gasteiger partial charge < -0.3 is 15.1 Å². The summed E-state index contributed by atoms with van der Waals surface area (Å²) in [6.45, 7) is 5.64. The summed E-state index contributed by atoms with van der Waals surface area (Å²) in [6, 6.07) is 4.87. The van der Waals surface area contributed by atoms with Crippen LogP contribution in [0.4, 0.5) is 5.82 Å². The van der Waals surface area contributed by atoms with Crippen molar-refractivity contribution in [2.45, 2.75) is 63.8 Å². The number of amides is 1. The molecule has 5 rings (SSSR count). The van der Waals surface area contributed by atoms with Gasteiger partial charge in [0.25, 0.3) is 5.91 Å². The maximum Gasteiger partial charge on any atom is 0.252 e. The van der Waals surface area contributed by atoms with Crippen molar-refractivity contribution in [3.63, 3.8) is 0 Å². The first-order valence-electron chi connectivity index (χ1n) is 11.4. The third-order valence-electron chi connectivity index (χ3n) is 7.86. The number of hydrogen-bond acceptors (Lipinski definition) is 4. The van der Waals surface area contributed by atoms with Gasteiger partial charge in [-0.2, -0.15) is 0 Å². The number of carbonyl (C=O) groups excluding carboxylic acids is 1. The minimum atomic E-state index is 0.0155. The van der Waals surface area contributed by atoms with Crippen molar-refractivity contribution < 1.29 is 4.79 Å². The lowest BCUT2D eigenvalue weighted by molar-refractivity contribution is 0.0305. The molecule has 1 amide bonds. The normalized spacial score (nSPS) is 25.5. The van der Waals surface area contributed by atoms with Crippen LogP contribution in [0.2, 0.25) is 0 Å². The molecule has 1 aromatic rings. The van der Waals surface area contributed by atoms with Crippen LogP contribution in [0.5, 0.6) is 0 Å². The maximum absolute atomic E-state index is 12.2. The number of nitrogens with zero attached hydrogens (tertiary/aromatic N) is 3. The molecule has 4 aliphatic rings. The van der Waals surface area contributed by atoms with E-state index < -0.39 is 0 Å². The number of hydrogen-bond donors (Lipinski definition) is 1. The zero-order chi connectivity index (χ0) is 19.0. The molecule has 1 N–H and O–H groups in total. The zero-order valence-corrected chi connectivity index (χ0v) is 17.0. The van der Waals surface area contributed by atoms with E-state index >= 15 is 0 Å². The summed E-state index contributed by atoms with van der Waals surface area (Å²) in [5.41, 5.74) is 1.25. The SMILES string of the molecule is O=C(NCC1CC1)c1ccc(N2CCC3(CC2)CCN(C2CCC2)CC3)nc1. The zero-order valence-electron chi connectivity index (χ0n) is 17.0. The minimum Gasteiger partial charge on any atom is -0.357 e. The smallest absolute Gasteiger partial charge is 0.252 e. The van der Waals surface area contributed by atoms with Crippen LogP contribution in [0.25, 0.3) is 0 Å². The van der Waals surface area contributed by atoms with Gasteiger partial charge in [0.2, 0.25) is 0 Å². The largest absolute Gasteiger partial charge is 0.357 e. The Balaban J connectivity index is 1.12. The first kappa shape index (κ1) is 18.4. The van der Waals surface area contributed by atoms with E-state index in [-0.39, 0.29) is 5.91 Å². The molecule has 4 fully saturated rings. The third-order valence-corrected chi connectivity index (χ3v) is 7.86. The predicted octanol–water partition coefficient (Wildman–Crippen LogP) is 3.46. The molecule has 0 unspecified atom stereocenters. The molecule has 0 radical (unpaired) electrons. The Morgan fingerprint density at radius 2 is 1.75 bits per heavy atom. The van der Waals surface area contributed by atoms with Crippen LogP contribution in [0, 0.1) is 11.3 Å². The summed E-state index contributed by atoms with van der Waals surface area (Å²) in [5, 5.41) is 3.02. The van der Waals surface area contributed by atoms with Crippen molar-refractivity contribution in [2.24, 2.45) is 11.3 Å². The van der Waals surface area contributed by atoms with Gasteiger partial charge >= 0.3 is 0 Å². The Hall–Kier alpha value is -1.62. The number of carbonyl (C=O) groups is 1. The highest BCUT2D eigenvalue weighted by atomic mass is 16.1. The first-order chi connectivity index (χ1) is 13.7. The van der Waals surface area contributed by atoms with Crippen LogP contribution in [-0.4, -0.2) is 54.6 Å². The second-order valence-corrected chi connectivity index (χ2v) is 9.67. The van der Waals surface area contributed by atoms with Crippen molar-refractivity contribution in [3.8, 4) is 0 Å². The highest BCUT2D eigenvalue weighted by Crippen LogP contribution is 2.43. The van der Waals surface area contributed by atoms with Crippen molar-refractivity contribution >= 4 is 11.7 Å². The van der Waals surface area contributed by atoms with Gasteiger partial charge in [0, 0.05) is 31.9 Å². The summed E-state index contributed by atoms with van der Waals surface area (Å²) in [6.07, 6.45) is 13.9.